The van der Waals surface area contributed by atoms with Gasteiger partial charge in [0.15, 0.2) is 0 Å². The lowest BCUT2D eigenvalue weighted by Gasteiger charge is -1.98. The number of aromatic amines is 1. The molecule has 1 aromatic carbocycles. The number of rotatable bonds is 1. The summed E-state index contributed by atoms with van der Waals surface area (Å²) in [5, 5.41) is 0.796. The van der Waals surface area contributed by atoms with Crippen molar-refractivity contribution in [3.05, 3.63) is 29.3 Å². The van der Waals surface area contributed by atoms with Crippen LogP contribution >= 0.6 is 0 Å². The summed E-state index contributed by atoms with van der Waals surface area (Å²) >= 11 is 0. The van der Waals surface area contributed by atoms with E-state index in [0.717, 1.165) is 16.5 Å². The van der Waals surface area contributed by atoms with Gasteiger partial charge in [-0.1, -0.05) is 12.1 Å². The number of nitrogens with one attached hydrogen (secondary N) is 1. The second kappa shape index (κ2) is 3.31. The van der Waals surface area contributed by atoms with E-state index in [1.165, 1.54) is 7.11 Å². The number of H-pyrrole nitrogens is 1. The predicted octanol–water partition coefficient (Wildman–Crippen LogP) is 1.85. The Bertz CT molecular complexity index is 529. The Labute approximate surface area is 87.0 Å². The summed E-state index contributed by atoms with van der Waals surface area (Å²) < 4.78 is 4.67. The lowest BCUT2D eigenvalue weighted by Crippen LogP contribution is -2.03. The summed E-state index contributed by atoms with van der Waals surface area (Å²) in [4.78, 5) is 14.4. The van der Waals surface area contributed by atoms with Crippen LogP contribution in [0.4, 0.5) is 5.82 Å². The number of hydrogen-bond donors (Lipinski definition) is 2. The lowest BCUT2D eigenvalue weighted by atomic mass is 10.1. The highest BCUT2D eigenvalue weighted by atomic mass is 16.5. The van der Waals surface area contributed by atoms with Gasteiger partial charge in [0, 0.05) is 10.9 Å². The number of anilines is 1. The smallest absolute Gasteiger partial charge is 0.342 e. The molecule has 0 spiro atoms. The van der Waals surface area contributed by atoms with Gasteiger partial charge in [-0.2, -0.15) is 0 Å². The minimum atomic E-state index is -0.414. The van der Waals surface area contributed by atoms with Gasteiger partial charge in [-0.3, -0.25) is 0 Å². The molecule has 0 saturated carbocycles. The molecule has 0 unspecified atom stereocenters. The Kier molecular flexibility index (Phi) is 2.11. The molecule has 0 amide bonds. The predicted molar refractivity (Wildman–Crippen MR) is 58.8 cm³/mol. The molecule has 0 fully saturated rings. The average molecular weight is 204 g/mol. The maximum absolute atomic E-state index is 11.5. The summed E-state index contributed by atoms with van der Waals surface area (Å²) in [7, 11) is 1.34. The molecule has 0 atom stereocenters. The van der Waals surface area contributed by atoms with Crippen molar-refractivity contribution in [1.82, 2.24) is 4.98 Å². The van der Waals surface area contributed by atoms with E-state index in [1.807, 2.05) is 25.1 Å². The Morgan fingerprint density at radius 1 is 1.47 bits per heavy atom. The second-order valence-corrected chi connectivity index (χ2v) is 3.45. The molecule has 2 rings (SSSR count). The fourth-order valence-corrected chi connectivity index (χ4v) is 1.65. The van der Waals surface area contributed by atoms with E-state index in [1.54, 1.807) is 0 Å². The molecule has 3 N–H and O–H groups in total. The number of esters is 1. The molecular weight excluding hydrogens is 192 g/mol. The third-order valence-corrected chi connectivity index (χ3v) is 2.37. The zero-order valence-electron chi connectivity index (χ0n) is 8.63. The topological polar surface area (TPSA) is 68.1 Å². The van der Waals surface area contributed by atoms with Gasteiger partial charge >= 0.3 is 5.97 Å². The number of carbonyl (C=O) groups is 1. The van der Waals surface area contributed by atoms with Gasteiger partial charge in [0.1, 0.15) is 11.4 Å². The summed E-state index contributed by atoms with van der Waals surface area (Å²) in [6.07, 6.45) is 0. The number of fused-ring (bicyclic) bond motifs is 1. The first-order chi connectivity index (χ1) is 7.13. The molecular formula is C11H12N2O2. The van der Waals surface area contributed by atoms with Gasteiger partial charge in [-0.25, -0.2) is 4.79 Å². The molecule has 2 aromatic rings. The molecule has 0 aliphatic rings. The van der Waals surface area contributed by atoms with E-state index >= 15 is 0 Å². The van der Waals surface area contributed by atoms with Gasteiger partial charge in [0.25, 0.3) is 0 Å². The third-order valence-electron chi connectivity index (χ3n) is 2.37. The minimum absolute atomic E-state index is 0.349. The SMILES string of the molecule is COC(=O)c1c(N)[nH]c2cc(C)ccc12. The Morgan fingerprint density at radius 3 is 2.87 bits per heavy atom. The third kappa shape index (κ3) is 1.44. The molecule has 15 heavy (non-hydrogen) atoms. The van der Waals surface area contributed by atoms with E-state index in [2.05, 4.69) is 9.72 Å². The molecule has 78 valence electrons. The minimum Gasteiger partial charge on any atom is -0.465 e. The van der Waals surface area contributed by atoms with E-state index < -0.39 is 5.97 Å². The van der Waals surface area contributed by atoms with Crippen LogP contribution < -0.4 is 5.73 Å². The van der Waals surface area contributed by atoms with Crippen molar-refractivity contribution in [2.75, 3.05) is 12.8 Å². The molecule has 1 aromatic heterocycles. The molecule has 0 aliphatic carbocycles. The number of aromatic nitrogens is 1. The maximum atomic E-state index is 11.5. The molecule has 4 heteroatoms. The van der Waals surface area contributed by atoms with Crippen LogP contribution in [0, 0.1) is 6.92 Å². The van der Waals surface area contributed by atoms with E-state index in [-0.39, 0.29) is 0 Å². The average Bonchev–Trinajstić information content (AvgIpc) is 2.52. The van der Waals surface area contributed by atoms with Crippen LogP contribution in [0.25, 0.3) is 10.9 Å². The largest absolute Gasteiger partial charge is 0.465 e. The van der Waals surface area contributed by atoms with E-state index in [0.29, 0.717) is 11.4 Å². The van der Waals surface area contributed by atoms with Crippen molar-refractivity contribution in [2.24, 2.45) is 0 Å². The number of nitrogen functional groups attached to an aromatic ring is 1. The van der Waals surface area contributed by atoms with Gasteiger partial charge in [0.05, 0.1) is 7.11 Å². The van der Waals surface area contributed by atoms with Crippen molar-refractivity contribution < 1.29 is 9.53 Å². The van der Waals surface area contributed by atoms with Crippen LogP contribution in [0.2, 0.25) is 0 Å². The van der Waals surface area contributed by atoms with Gasteiger partial charge in [-0.05, 0) is 18.6 Å². The summed E-state index contributed by atoms with van der Waals surface area (Å²) in [5.74, 6) is -0.0648. The first kappa shape index (κ1) is 9.58. The van der Waals surface area contributed by atoms with Crippen LogP contribution in [0.3, 0.4) is 0 Å². The second-order valence-electron chi connectivity index (χ2n) is 3.45. The maximum Gasteiger partial charge on any atom is 0.342 e. The first-order valence-corrected chi connectivity index (χ1v) is 4.59. The first-order valence-electron chi connectivity index (χ1n) is 4.59. The van der Waals surface area contributed by atoms with Crippen LogP contribution in [0.5, 0.6) is 0 Å². The normalized spacial score (nSPS) is 10.5. The van der Waals surface area contributed by atoms with Gasteiger partial charge in [-0.15, -0.1) is 0 Å². The number of methoxy groups -OCH3 is 1. The number of nitrogens with two attached hydrogens (primary N) is 1. The highest BCUT2D eigenvalue weighted by Gasteiger charge is 2.16. The van der Waals surface area contributed by atoms with Gasteiger partial charge in [0.2, 0.25) is 0 Å². The van der Waals surface area contributed by atoms with Crippen molar-refractivity contribution >= 4 is 22.7 Å². The zero-order valence-corrected chi connectivity index (χ0v) is 8.63. The molecule has 0 bridgehead atoms. The highest BCUT2D eigenvalue weighted by molar-refractivity contribution is 6.08. The van der Waals surface area contributed by atoms with Crippen molar-refractivity contribution in [3.63, 3.8) is 0 Å². The number of benzene rings is 1. The Balaban J connectivity index is 2.73. The number of ether oxygens (including phenoxy) is 1. The Morgan fingerprint density at radius 2 is 2.20 bits per heavy atom. The molecule has 4 nitrogen and oxygen atoms in total. The zero-order chi connectivity index (χ0) is 11.0. The number of hydrogen-bond acceptors (Lipinski definition) is 3. The van der Waals surface area contributed by atoms with Crippen LogP contribution in [0.15, 0.2) is 18.2 Å². The van der Waals surface area contributed by atoms with E-state index in [9.17, 15) is 4.79 Å². The van der Waals surface area contributed by atoms with Crippen molar-refractivity contribution in [3.8, 4) is 0 Å². The quantitative estimate of drug-likeness (QED) is 0.696. The monoisotopic (exact) mass is 204 g/mol. The standard InChI is InChI=1S/C11H12N2O2/c1-6-3-4-7-8(5-6)13-10(12)9(7)11(14)15-2/h3-5,13H,12H2,1-2H3. The number of carbonyl (C=O) groups excluding carboxylic acids is 1. The molecule has 0 aliphatic heterocycles. The fourth-order valence-electron chi connectivity index (χ4n) is 1.65. The molecule has 0 radical (unpaired) electrons. The van der Waals surface area contributed by atoms with Crippen molar-refractivity contribution in [1.29, 1.82) is 0 Å². The molecule has 1 heterocycles. The lowest BCUT2D eigenvalue weighted by molar-refractivity contribution is 0.0604. The summed E-state index contributed by atoms with van der Waals surface area (Å²) in [6, 6.07) is 5.74. The van der Waals surface area contributed by atoms with Crippen LogP contribution in [0.1, 0.15) is 15.9 Å². The van der Waals surface area contributed by atoms with Crippen LogP contribution in [-0.4, -0.2) is 18.1 Å². The molecule has 0 saturated heterocycles. The van der Waals surface area contributed by atoms with Crippen LogP contribution in [-0.2, 0) is 4.74 Å². The van der Waals surface area contributed by atoms with Gasteiger partial charge < -0.3 is 15.5 Å². The Hall–Kier alpha value is -1.97. The highest BCUT2D eigenvalue weighted by Crippen LogP contribution is 2.25. The fraction of sp³-hybridized carbons (Fsp3) is 0.182. The summed E-state index contributed by atoms with van der Waals surface area (Å²) in [6.45, 7) is 1.98. The summed E-state index contributed by atoms with van der Waals surface area (Å²) in [5.41, 5.74) is 8.10. The van der Waals surface area contributed by atoms with Crippen molar-refractivity contribution in [2.45, 2.75) is 6.92 Å². The van der Waals surface area contributed by atoms with E-state index in [4.69, 9.17) is 5.73 Å². The number of aryl methyl sites for hydroxylation is 1.